The number of para-hydroxylation sites is 1. The molecule has 1 heterocycles. The monoisotopic (exact) mass is 233 g/mol. The van der Waals surface area contributed by atoms with Crippen molar-refractivity contribution in [1.82, 2.24) is 15.0 Å². The zero-order chi connectivity index (χ0) is 12.1. The summed E-state index contributed by atoms with van der Waals surface area (Å²) in [5, 5.41) is 7.90. The van der Waals surface area contributed by atoms with Gasteiger partial charge >= 0.3 is 5.97 Å². The summed E-state index contributed by atoms with van der Waals surface area (Å²) in [5.74, 6) is -0.269. The highest BCUT2D eigenvalue weighted by atomic mass is 16.5. The molecule has 0 saturated carbocycles. The quantitative estimate of drug-likeness (QED) is 0.583. The van der Waals surface area contributed by atoms with E-state index in [0.29, 0.717) is 6.61 Å². The maximum atomic E-state index is 11.5. The number of carbonyl (C=O) groups excluding carboxylic acids is 1. The van der Waals surface area contributed by atoms with Crippen molar-refractivity contribution in [2.24, 2.45) is 0 Å². The van der Waals surface area contributed by atoms with E-state index in [2.05, 4.69) is 17.2 Å². The number of rotatable bonds is 5. The van der Waals surface area contributed by atoms with Crippen LogP contribution in [0.1, 0.15) is 19.8 Å². The second-order valence-electron chi connectivity index (χ2n) is 3.81. The summed E-state index contributed by atoms with van der Waals surface area (Å²) in [5.41, 5.74) is 1.63. The molecule has 5 heteroatoms. The van der Waals surface area contributed by atoms with Crippen LogP contribution < -0.4 is 0 Å². The number of nitrogens with zero attached hydrogens (tertiary/aromatic N) is 3. The van der Waals surface area contributed by atoms with E-state index in [-0.39, 0.29) is 12.5 Å². The molecule has 0 saturated heterocycles. The molecule has 0 atom stereocenters. The SMILES string of the molecule is CCCCOC(=O)Cn1nnc2ccccc21. The van der Waals surface area contributed by atoms with Crippen molar-refractivity contribution in [3.05, 3.63) is 24.3 Å². The standard InChI is InChI=1S/C12H15N3O2/c1-2-3-8-17-12(16)9-15-11-7-5-4-6-10(11)13-14-15/h4-7H,2-3,8-9H2,1H3. The largest absolute Gasteiger partial charge is 0.464 e. The van der Waals surface area contributed by atoms with Crippen molar-refractivity contribution in [3.8, 4) is 0 Å². The van der Waals surface area contributed by atoms with E-state index in [4.69, 9.17) is 4.74 Å². The molecule has 0 bridgehead atoms. The first-order valence-electron chi connectivity index (χ1n) is 5.75. The first-order chi connectivity index (χ1) is 8.31. The molecule has 90 valence electrons. The molecule has 5 nitrogen and oxygen atoms in total. The van der Waals surface area contributed by atoms with Gasteiger partial charge in [-0.15, -0.1) is 5.10 Å². The van der Waals surface area contributed by atoms with Crippen LogP contribution in [0.25, 0.3) is 11.0 Å². The highest BCUT2D eigenvalue weighted by molar-refractivity contribution is 5.76. The molecule has 2 aromatic rings. The summed E-state index contributed by atoms with van der Waals surface area (Å²) in [6.07, 6.45) is 1.91. The third kappa shape index (κ3) is 2.81. The Morgan fingerprint density at radius 1 is 1.41 bits per heavy atom. The maximum absolute atomic E-state index is 11.5. The number of unbranched alkanes of at least 4 members (excludes halogenated alkanes) is 1. The Balaban J connectivity index is 2.01. The average Bonchev–Trinajstić information content (AvgIpc) is 2.73. The Labute approximate surface area is 99.4 Å². The molecular formula is C12H15N3O2. The van der Waals surface area contributed by atoms with Crippen LogP contribution in [0.2, 0.25) is 0 Å². The van der Waals surface area contributed by atoms with Crippen LogP contribution >= 0.6 is 0 Å². The number of hydrogen-bond acceptors (Lipinski definition) is 4. The summed E-state index contributed by atoms with van der Waals surface area (Å²) in [6, 6.07) is 7.53. The summed E-state index contributed by atoms with van der Waals surface area (Å²) < 4.78 is 6.64. The zero-order valence-corrected chi connectivity index (χ0v) is 9.80. The number of hydrogen-bond donors (Lipinski definition) is 0. The van der Waals surface area contributed by atoms with E-state index in [0.717, 1.165) is 23.9 Å². The first-order valence-corrected chi connectivity index (χ1v) is 5.75. The Bertz CT molecular complexity index is 507. The third-order valence-corrected chi connectivity index (χ3v) is 2.46. The van der Waals surface area contributed by atoms with Gasteiger partial charge in [0.2, 0.25) is 0 Å². The van der Waals surface area contributed by atoms with E-state index in [1.165, 1.54) is 0 Å². The highest BCUT2D eigenvalue weighted by Crippen LogP contribution is 2.09. The normalized spacial score (nSPS) is 10.6. The number of aromatic nitrogens is 3. The smallest absolute Gasteiger partial charge is 0.327 e. The lowest BCUT2D eigenvalue weighted by atomic mass is 10.3. The van der Waals surface area contributed by atoms with Crippen LogP contribution in [0.3, 0.4) is 0 Å². The van der Waals surface area contributed by atoms with E-state index in [1.54, 1.807) is 4.68 Å². The van der Waals surface area contributed by atoms with Gasteiger partial charge in [0, 0.05) is 0 Å². The Hall–Kier alpha value is -1.91. The Morgan fingerprint density at radius 2 is 2.24 bits per heavy atom. The minimum atomic E-state index is -0.269. The van der Waals surface area contributed by atoms with Crippen molar-refractivity contribution in [2.75, 3.05) is 6.61 Å². The van der Waals surface area contributed by atoms with Crippen LogP contribution in [-0.4, -0.2) is 27.6 Å². The number of carbonyl (C=O) groups is 1. The molecule has 0 N–H and O–H groups in total. The second-order valence-corrected chi connectivity index (χ2v) is 3.81. The van der Waals surface area contributed by atoms with Gasteiger partial charge in [0.05, 0.1) is 12.1 Å². The number of fused-ring (bicyclic) bond motifs is 1. The fourth-order valence-corrected chi connectivity index (χ4v) is 1.53. The van der Waals surface area contributed by atoms with E-state index >= 15 is 0 Å². The third-order valence-electron chi connectivity index (χ3n) is 2.46. The van der Waals surface area contributed by atoms with Gasteiger partial charge in [-0.1, -0.05) is 30.7 Å². The van der Waals surface area contributed by atoms with Crippen molar-refractivity contribution >= 4 is 17.0 Å². The lowest BCUT2D eigenvalue weighted by molar-refractivity contribution is -0.144. The molecule has 2 rings (SSSR count). The van der Waals surface area contributed by atoms with E-state index in [9.17, 15) is 4.79 Å². The summed E-state index contributed by atoms with van der Waals surface area (Å²) in [4.78, 5) is 11.5. The van der Waals surface area contributed by atoms with Gasteiger partial charge in [-0.05, 0) is 18.6 Å². The summed E-state index contributed by atoms with van der Waals surface area (Å²) in [6.45, 7) is 2.64. The van der Waals surface area contributed by atoms with Gasteiger partial charge in [0.25, 0.3) is 0 Å². The van der Waals surface area contributed by atoms with Gasteiger partial charge in [-0.2, -0.15) is 0 Å². The van der Waals surface area contributed by atoms with Gasteiger partial charge in [-0.3, -0.25) is 4.79 Å². The average molecular weight is 233 g/mol. The first kappa shape index (κ1) is 11.6. The molecule has 0 radical (unpaired) electrons. The van der Waals surface area contributed by atoms with Crippen LogP contribution in [0.4, 0.5) is 0 Å². The van der Waals surface area contributed by atoms with Crippen LogP contribution in [0.5, 0.6) is 0 Å². The van der Waals surface area contributed by atoms with Crippen molar-refractivity contribution in [1.29, 1.82) is 0 Å². The van der Waals surface area contributed by atoms with Crippen LogP contribution in [0.15, 0.2) is 24.3 Å². The van der Waals surface area contributed by atoms with Crippen molar-refractivity contribution in [3.63, 3.8) is 0 Å². The van der Waals surface area contributed by atoms with E-state index in [1.807, 2.05) is 24.3 Å². The van der Waals surface area contributed by atoms with Crippen molar-refractivity contribution in [2.45, 2.75) is 26.3 Å². The molecule has 0 amide bonds. The predicted octanol–water partition coefficient (Wildman–Crippen LogP) is 1.77. The molecule has 0 aliphatic heterocycles. The number of esters is 1. The molecule has 0 aliphatic rings. The summed E-state index contributed by atoms with van der Waals surface area (Å²) in [7, 11) is 0. The number of benzene rings is 1. The predicted molar refractivity (Wildman–Crippen MR) is 63.4 cm³/mol. The van der Waals surface area contributed by atoms with E-state index < -0.39 is 0 Å². The fraction of sp³-hybridized carbons (Fsp3) is 0.417. The fourth-order valence-electron chi connectivity index (χ4n) is 1.53. The minimum absolute atomic E-state index is 0.115. The molecule has 0 unspecified atom stereocenters. The van der Waals surface area contributed by atoms with Gasteiger partial charge in [-0.25, -0.2) is 4.68 Å². The maximum Gasteiger partial charge on any atom is 0.327 e. The van der Waals surface area contributed by atoms with Crippen molar-refractivity contribution < 1.29 is 9.53 Å². The topological polar surface area (TPSA) is 57.0 Å². The number of ether oxygens (including phenoxy) is 1. The Kier molecular flexibility index (Phi) is 3.69. The van der Waals surface area contributed by atoms with Gasteiger partial charge < -0.3 is 4.74 Å². The molecular weight excluding hydrogens is 218 g/mol. The minimum Gasteiger partial charge on any atom is -0.464 e. The molecule has 0 fully saturated rings. The molecule has 1 aromatic heterocycles. The highest BCUT2D eigenvalue weighted by Gasteiger charge is 2.08. The zero-order valence-electron chi connectivity index (χ0n) is 9.80. The van der Waals surface area contributed by atoms with Gasteiger partial charge in [0.15, 0.2) is 0 Å². The van der Waals surface area contributed by atoms with Crippen LogP contribution in [0, 0.1) is 0 Å². The lowest BCUT2D eigenvalue weighted by Crippen LogP contribution is -2.15. The molecule has 17 heavy (non-hydrogen) atoms. The molecule has 1 aromatic carbocycles. The van der Waals surface area contributed by atoms with Gasteiger partial charge in [0.1, 0.15) is 12.1 Å². The lowest BCUT2D eigenvalue weighted by Gasteiger charge is -2.03. The molecule has 0 aliphatic carbocycles. The molecule has 0 spiro atoms. The Morgan fingerprint density at radius 3 is 3.06 bits per heavy atom. The summed E-state index contributed by atoms with van der Waals surface area (Å²) >= 11 is 0. The van der Waals surface area contributed by atoms with Crippen LogP contribution in [-0.2, 0) is 16.1 Å². The second kappa shape index (κ2) is 5.43.